The highest BCUT2D eigenvalue weighted by Crippen LogP contribution is 2.30. The second-order valence-electron chi connectivity index (χ2n) is 6.18. The Morgan fingerprint density at radius 1 is 1.30 bits per heavy atom. The van der Waals surface area contributed by atoms with Gasteiger partial charge in [0.15, 0.2) is 5.13 Å². The number of carbonyl (C=O) groups excluding carboxylic acids is 1. The summed E-state index contributed by atoms with van der Waals surface area (Å²) in [7, 11) is -3.71. The number of thiazole rings is 1. The van der Waals surface area contributed by atoms with Crippen molar-refractivity contribution in [3.05, 3.63) is 41.5 Å². The quantitative estimate of drug-likeness (QED) is 0.692. The average Bonchev–Trinajstić information content (AvgIpc) is 3.31. The molecule has 6 nitrogen and oxygen atoms in total. The third kappa shape index (κ3) is 3.62. The predicted molar refractivity (Wildman–Crippen MR) is 104 cm³/mol. The van der Waals surface area contributed by atoms with Crippen LogP contribution in [0.3, 0.4) is 0 Å². The van der Waals surface area contributed by atoms with E-state index in [4.69, 9.17) is 0 Å². The fourth-order valence-electron chi connectivity index (χ4n) is 3.12. The van der Waals surface area contributed by atoms with E-state index in [0.29, 0.717) is 28.3 Å². The van der Waals surface area contributed by atoms with E-state index in [-0.39, 0.29) is 10.0 Å². The number of aromatic nitrogens is 1. The van der Waals surface area contributed by atoms with Gasteiger partial charge in [-0.15, -0.1) is 11.3 Å². The lowest BCUT2D eigenvalue weighted by molar-refractivity contribution is -0.120. The van der Waals surface area contributed by atoms with Crippen LogP contribution in [0.4, 0.5) is 9.52 Å². The highest BCUT2D eigenvalue weighted by molar-refractivity contribution is 7.91. The van der Waals surface area contributed by atoms with Gasteiger partial charge >= 0.3 is 0 Å². The maximum absolute atomic E-state index is 13.3. The van der Waals surface area contributed by atoms with Crippen molar-refractivity contribution in [1.29, 1.82) is 0 Å². The van der Waals surface area contributed by atoms with E-state index < -0.39 is 22.0 Å². The van der Waals surface area contributed by atoms with Crippen LogP contribution in [0.25, 0.3) is 10.2 Å². The van der Waals surface area contributed by atoms with Crippen molar-refractivity contribution in [2.45, 2.75) is 29.5 Å². The van der Waals surface area contributed by atoms with Crippen LogP contribution in [-0.4, -0.2) is 36.2 Å². The molecule has 1 unspecified atom stereocenters. The number of hydrogen-bond donors (Lipinski definition) is 1. The fraction of sp³-hybridized carbons (Fsp3) is 0.294. The maximum Gasteiger partial charge on any atom is 0.253 e. The van der Waals surface area contributed by atoms with Crippen molar-refractivity contribution in [2.24, 2.45) is 0 Å². The number of anilines is 1. The standard InChI is InChI=1S/C17H16FN3O3S3/c18-11-6-7-12-14(10-11)26-17(19-12)20-16(22)13-4-1-2-8-21(13)27(23,24)15-5-3-9-25-15/h3,5-7,9-10,13H,1-2,4,8H2,(H,19,20,22). The van der Waals surface area contributed by atoms with E-state index in [2.05, 4.69) is 10.3 Å². The molecule has 0 spiro atoms. The van der Waals surface area contributed by atoms with Gasteiger partial charge in [0.2, 0.25) is 5.91 Å². The Balaban J connectivity index is 1.58. The number of hydrogen-bond acceptors (Lipinski definition) is 6. The molecule has 1 fully saturated rings. The molecule has 0 aliphatic carbocycles. The van der Waals surface area contributed by atoms with Gasteiger partial charge in [0.1, 0.15) is 16.1 Å². The molecule has 1 aliphatic rings. The van der Waals surface area contributed by atoms with Gasteiger partial charge in [0, 0.05) is 6.54 Å². The van der Waals surface area contributed by atoms with Gasteiger partial charge in [-0.05, 0) is 42.5 Å². The Morgan fingerprint density at radius 3 is 2.93 bits per heavy atom. The number of thiophene rings is 1. The number of nitrogens with zero attached hydrogens (tertiary/aromatic N) is 2. The van der Waals surface area contributed by atoms with Gasteiger partial charge in [-0.25, -0.2) is 17.8 Å². The Morgan fingerprint density at radius 2 is 2.15 bits per heavy atom. The van der Waals surface area contributed by atoms with Crippen molar-refractivity contribution >= 4 is 54.0 Å². The molecule has 10 heteroatoms. The van der Waals surface area contributed by atoms with Crippen LogP contribution in [0.15, 0.2) is 39.9 Å². The zero-order valence-corrected chi connectivity index (χ0v) is 16.5. The summed E-state index contributed by atoms with van der Waals surface area (Å²) in [4.78, 5) is 17.1. The van der Waals surface area contributed by atoms with Gasteiger partial charge in [-0.1, -0.05) is 23.8 Å². The summed E-state index contributed by atoms with van der Waals surface area (Å²) in [5.41, 5.74) is 0.586. The van der Waals surface area contributed by atoms with Crippen molar-refractivity contribution < 1.29 is 17.6 Å². The van der Waals surface area contributed by atoms with Crippen molar-refractivity contribution in [3.8, 4) is 0 Å². The summed E-state index contributed by atoms with van der Waals surface area (Å²) in [6, 6.07) is 6.66. The minimum atomic E-state index is -3.71. The number of fused-ring (bicyclic) bond motifs is 1. The molecule has 1 aliphatic heterocycles. The van der Waals surface area contributed by atoms with E-state index in [1.807, 2.05) is 0 Å². The van der Waals surface area contributed by atoms with Gasteiger partial charge in [-0.2, -0.15) is 4.31 Å². The first-order chi connectivity index (χ1) is 12.9. The zero-order valence-electron chi connectivity index (χ0n) is 14.1. The van der Waals surface area contributed by atoms with E-state index in [1.54, 1.807) is 23.6 Å². The summed E-state index contributed by atoms with van der Waals surface area (Å²) in [6.45, 7) is 0.309. The van der Waals surface area contributed by atoms with Crippen LogP contribution in [0.1, 0.15) is 19.3 Å². The fourth-order valence-corrected chi connectivity index (χ4v) is 6.79. The number of carbonyl (C=O) groups is 1. The highest BCUT2D eigenvalue weighted by Gasteiger charge is 2.38. The minimum absolute atomic E-state index is 0.234. The Kier molecular flexibility index (Phi) is 4.97. The molecule has 4 rings (SSSR count). The first-order valence-electron chi connectivity index (χ1n) is 8.37. The molecule has 1 amide bonds. The first kappa shape index (κ1) is 18.5. The molecule has 142 valence electrons. The first-order valence-corrected chi connectivity index (χ1v) is 11.5. The average molecular weight is 426 g/mol. The smallest absolute Gasteiger partial charge is 0.253 e. The van der Waals surface area contributed by atoms with Gasteiger partial charge in [0.05, 0.1) is 10.2 Å². The summed E-state index contributed by atoms with van der Waals surface area (Å²) < 4.78 is 41.3. The molecule has 0 bridgehead atoms. The van der Waals surface area contributed by atoms with Crippen LogP contribution in [0, 0.1) is 5.82 Å². The van der Waals surface area contributed by atoms with Crippen LogP contribution in [-0.2, 0) is 14.8 Å². The molecular weight excluding hydrogens is 409 g/mol. The van der Waals surface area contributed by atoms with E-state index in [9.17, 15) is 17.6 Å². The SMILES string of the molecule is O=C(Nc1nc2ccc(F)cc2s1)C1CCCCN1S(=O)(=O)c1cccs1. The summed E-state index contributed by atoms with van der Waals surface area (Å²) >= 11 is 2.30. The molecule has 0 saturated carbocycles. The number of sulfonamides is 1. The molecule has 3 heterocycles. The second kappa shape index (κ2) is 7.27. The third-order valence-corrected chi connectivity index (χ3v) is 8.61. The van der Waals surface area contributed by atoms with Crippen molar-refractivity contribution in [2.75, 3.05) is 11.9 Å². The van der Waals surface area contributed by atoms with E-state index in [0.717, 1.165) is 35.5 Å². The van der Waals surface area contributed by atoms with Crippen LogP contribution < -0.4 is 5.32 Å². The van der Waals surface area contributed by atoms with Gasteiger partial charge in [0.25, 0.3) is 10.0 Å². The number of nitrogens with one attached hydrogen (secondary N) is 1. The lowest BCUT2D eigenvalue weighted by atomic mass is 10.0. The maximum atomic E-state index is 13.3. The number of piperidine rings is 1. The molecule has 2 aromatic heterocycles. The second-order valence-corrected chi connectivity index (χ2v) is 10.3. The topological polar surface area (TPSA) is 79.4 Å². The third-order valence-electron chi connectivity index (χ3n) is 4.39. The zero-order chi connectivity index (χ0) is 19.0. The molecule has 1 aromatic carbocycles. The van der Waals surface area contributed by atoms with Crippen molar-refractivity contribution in [3.63, 3.8) is 0 Å². The van der Waals surface area contributed by atoms with E-state index in [1.165, 1.54) is 16.4 Å². The molecule has 1 saturated heterocycles. The lowest BCUT2D eigenvalue weighted by Gasteiger charge is -2.32. The Bertz CT molecular complexity index is 1080. The molecule has 27 heavy (non-hydrogen) atoms. The van der Waals surface area contributed by atoms with E-state index >= 15 is 0 Å². The van der Waals surface area contributed by atoms with Crippen LogP contribution >= 0.6 is 22.7 Å². The predicted octanol–water partition coefficient (Wildman–Crippen LogP) is 3.68. The molecule has 3 aromatic rings. The summed E-state index contributed by atoms with van der Waals surface area (Å²) in [6.07, 6.45) is 1.95. The molecule has 1 atom stereocenters. The Hall–Kier alpha value is -1.88. The van der Waals surface area contributed by atoms with Crippen LogP contribution in [0.5, 0.6) is 0 Å². The number of amides is 1. The summed E-state index contributed by atoms with van der Waals surface area (Å²) in [5.74, 6) is -0.779. The number of benzene rings is 1. The number of rotatable bonds is 4. The normalized spacial score (nSPS) is 18.6. The largest absolute Gasteiger partial charge is 0.301 e. The van der Waals surface area contributed by atoms with Gasteiger partial charge in [-0.3, -0.25) is 4.79 Å². The monoisotopic (exact) mass is 425 g/mol. The lowest BCUT2D eigenvalue weighted by Crippen LogP contribution is -2.49. The molecule has 0 radical (unpaired) electrons. The summed E-state index contributed by atoms with van der Waals surface area (Å²) in [5, 5.41) is 4.74. The highest BCUT2D eigenvalue weighted by atomic mass is 32.2. The minimum Gasteiger partial charge on any atom is -0.301 e. The molecular formula is C17H16FN3O3S3. The van der Waals surface area contributed by atoms with Gasteiger partial charge < -0.3 is 5.32 Å². The van der Waals surface area contributed by atoms with Crippen LogP contribution in [0.2, 0.25) is 0 Å². The van der Waals surface area contributed by atoms with Crippen molar-refractivity contribution in [1.82, 2.24) is 9.29 Å². The number of halogens is 1. The Labute approximate surface area is 163 Å². The molecule has 1 N–H and O–H groups in total.